The van der Waals surface area contributed by atoms with Gasteiger partial charge in [0.1, 0.15) is 5.58 Å². The molecule has 4 nitrogen and oxygen atoms in total. The van der Waals surface area contributed by atoms with E-state index >= 15 is 0 Å². The van der Waals surface area contributed by atoms with Crippen LogP contribution in [-0.4, -0.2) is 36.0 Å². The number of nitrogens with zero attached hydrogens (tertiary/aromatic N) is 2. The minimum atomic E-state index is -0.262. The van der Waals surface area contributed by atoms with Crippen molar-refractivity contribution >= 4 is 11.0 Å². The van der Waals surface area contributed by atoms with Gasteiger partial charge in [0.05, 0.1) is 6.04 Å². The molecule has 1 aromatic heterocycles. The van der Waals surface area contributed by atoms with E-state index < -0.39 is 0 Å². The van der Waals surface area contributed by atoms with Gasteiger partial charge >= 0.3 is 5.63 Å². The van der Waals surface area contributed by atoms with Gasteiger partial charge < -0.3 is 4.42 Å². The summed E-state index contributed by atoms with van der Waals surface area (Å²) in [5.74, 6) is 0. The molecule has 174 valence electrons. The molecule has 0 radical (unpaired) electrons. The SMILES string of the molecule is Cc1cc(C)c2c(CN3CCN(C(c4ccccc4)c4ccccc4)CC3)cc(=O)oc2c1C. The first-order valence-electron chi connectivity index (χ1n) is 12.1. The van der Waals surface area contributed by atoms with Gasteiger partial charge in [-0.1, -0.05) is 66.7 Å². The van der Waals surface area contributed by atoms with Gasteiger partial charge in [0, 0.05) is 44.2 Å². The molecule has 0 atom stereocenters. The Hall–Kier alpha value is -3.21. The van der Waals surface area contributed by atoms with Crippen LogP contribution in [0.2, 0.25) is 0 Å². The summed E-state index contributed by atoms with van der Waals surface area (Å²) in [6.45, 7) is 10.9. The van der Waals surface area contributed by atoms with Gasteiger partial charge in [0.15, 0.2) is 0 Å². The lowest BCUT2D eigenvalue weighted by Gasteiger charge is -2.40. The predicted octanol–water partition coefficient (Wildman–Crippen LogP) is 5.63. The second-order valence-electron chi connectivity index (χ2n) is 9.47. The first kappa shape index (κ1) is 22.6. The third-order valence-corrected chi connectivity index (χ3v) is 7.20. The summed E-state index contributed by atoms with van der Waals surface area (Å²) in [5.41, 5.74) is 7.59. The Labute approximate surface area is 201 Å². The van der Waals surface area contributed by atoms with E-state index in [2.05, 4.69) is 90.4 Å². The maximum atomic E-state index is 12.4. The third-order valence-electron chi connectivity index (χ3n) is 7.20. The highest BCUT2D eigenvalue weighted by atomic mass is 16.4. The van der Waals surface area contributed by atoms with Crippen molar-refractivity contribution in [2.45, 2.75) is 33.4 Å². The number of fused-ring (bicyclic) bond motifs is 1. The second-order valence-corrected chi connectivity index (χ2v) is 9.47. The first-order chi connectivity index (χ1) is 16.5. The number of rotatable bonds is 5. The fourth-order valence-electron chi connectivity index (χ4n) is 5.35. The Morgan fingerprint density at radius 3 is 1.97 bits per heavy atom. The summed E-state index contributed by atoms with van der Waals surface area (Å²) < 4.78 is 5.65. The van der Waals surface area contributed by atoms with Crippen LogP contribution in [-0.2, 0) is 6.54 Å². The standard InChI is InChI=1S/C30H32N2O2/c1-21-18-22(2)28-26(19-27(33)34-30(28)23(21)3)20-31-14-16-32(17-15-31)29(24-10-6-4-7-11-24)25-12-8-5-9-13-25/h4-13,18-19,29H,14-17,20H2,1-3H3. The van der Waals surface area contributed by atoms with Crippen LogP contribution in [0.3, 0.4) is 0 Å². The van der Waals surface area contributed by atoms with E-state index in [9.17, 15) is 4.79 Å². The van der Waals surface area contributed by atoms with E-state index in [1.807, 2.05) is 6.92 Å². The third kappa shape index (κ3) is 4.44. The van der Waals surface area contributed by atoms with Crippen molar-refractivity contribution in [1.29, 1.82) is 0 Å². The molecule has 0 N–H and O–H groups in total. The van der Waals surface area contributed by atoms with Crippen molar-refractivity contribution in [2.75, 3.05) is 26.2 Å². The van der Waals surface area contributed by atoms with Crippen molar-refractivity contribution in [1.82, 2.24) is 9.80 Å². The molecule has 4 aromatic rings. The van der Waals surface area contributed by atoms with E-state index in [1.54, 1.807) is 6.07 Å². The molecule has 0 bridgehead atoms. The van der Waals surface area contributed by atoms with Crippen molar-refractivity contribution in [3.05, 3.63) is 117 Å². The average molecular weight is 453 g/mol. The number of aryl methyl sites for hydroxylation is 3. The number of hydrogen-bond acceptors (Lipinski definition) is 4. The quantitative estimate of drug-likeness (QED) is 0.368. The molecule has 5 rings (SSSR count). The largest absolute Gasteiger partial charge is 0.422 e. The van der Waals surface area contributed by atoms with Crippen LogP contribution in [0, 0.1) is 20.8 Å². The fraction of sp³-hybridized carbons (Fsp3) is 0.300. The molecule has 0 spiro atoms. The van der Waals surface area contributed by atoms with E-state index in [4.69, 9.17) is 4.42 Å². The van der Waals surface area contributed by atoms with Crippen LogP contribution >= 0.6 is 0 Å². The zero-order chi connectivity index (χ0) is 23.7. The zero-order valence-corrected chi connectivity index (χ0v) is 20.3. The monoisotopic (exact) mass is 452 g/mol. The lowest BCUT2D eigenvalue weighted by Crippen LogP contribution is -2.47. The van der Waals surface area contributed by atoms with Crippen molar-refractivity contribution in [2.24, 2.45) is 0 Å². The highest BCUT2D eigenvalue weighted by Gasteiger charge is 2.27. The molecule has 4 heteroatoms. The van der Waals surface area contributed by atoms with E-state index in [0.717, 1.165) is 60.4 Å². The molecule has 1 aliphatic rings. The first-order valence-corrected chi connectivity index (χ1v) is 12.1. The van der Waals surface area contributed by atoms with Crippen molar-refractivity contribution < 1.29 is 4.42 Å². The van der Waals surface area contributed by atoms with E-state index in [0.29, 0.717) is 0 Å². The molecule has 0 amide bonds. The van der Waals surface area contributed by atoms with Gasteiger partial charge in [-0.25, -0.2) is 4.79 Å². The Morgan fingerprint density at radius 1 is 0.794 bits per heavy atom. The number of benzene rings is 3. The maximum Gasteiger partial charge on any atom is 0.336 e. The van der Waals surface area contributed by atoms with Crippen LogP contribution in [0.15, 0.2) is 82.0 Å². The Kier molecular flexibility index (Phi) is 6.36. The lowest BCUT2D eigenvalue weighted by molar-refractivity contribution is 0.105. The van der Waals surface area contributed by atoms with Crippen LogP contribution in [0.1, 0.15) is 39.4 Å². The molecule has 0 aliphatic carbocycles. The van der Waals surface area contributed by atoms with Gasteiger partial charge in [-0.05, 0) is 54.2 Å². The van der Waals surface area contributed by atoms with Crippen LogP contribution < -0.4 is 5.63 Å². The molecule has 1 saturated heterocycles. The Bertz CT molecular complexity index is 1300. The number of hydrogen-bond donors (Lipinski definition) is 0. The summed E-state index contributed by atoms with van der Waals surface area (Å²) in [7, 11) is 0. The Balaban J connectivity index is 1.38. The molecule has 2 heterocycles. The minimum absolute atomic E-state index is 0.252. The summed E-state index contributed by atoms with van der Waals surface area (Å²) in [4.78, 5) is 17.4. The molecule has 34 heavy (non-hydrogen) atoms. The van der Waals surface area contributed by atoms with E-state index in [-0.39, 0.29) is 11.7 Å². The molecule has 1 aliphatic heterocycles. The van der Waals surface area contributed by atoms with Gasteiger partial charge in [0.25, 0.3) is 0 Å². The normalized spacial score (nSPS) is 15.3. The fourth-order valence-corrected chi connectivity index (χ4v) is 5.35. The smallest absolute Gasteiger partial charge is 0.336 e. The van der Waals surface area contributed by atoms with Gasteiger partial charge in [-0.15, -0.1) is 0 Å². The summed E-state index contributed by atoms with van der Waals surface area (Å²) in [6.07, 6.45) is 0. The molecule has 1 fully saturated rings. The van der Waals surface area contributed by atoms with Gasteiger partial charge in [-0.2, -0.15) is 0 Å². The van der Waals surface area contributed by atoms with Gasteiger partial charge in [0.2, 0.25) is 0 Å². The molecule has 0 unspecified atom stereocenters. The summed E-state index contributed by atoms with van der Waals surface area (Å²) in [6, 6.07) is 25.7. The molecular weight excluding hydrogens is 420 g/mol. The molecule has 3 aromatic carbocycles. The molecular formula is C30H32N2O2. The predicted molar refractivity (Wildman–Crippen MR) is 138 cm³/mol. The van der Waals surface area contributed by atoms with Crippen LogP contribution in [0.4, 0.5) is 0 Å². The minimum Gasteiger partial charge on any atom is -0.422 e. The topological polar surface area (TPSA) is 36.7 Å². The van der Waals surface area contributed by atoms with E-state index in [1.165, 1.54) is 16.7 Å². The number of piperazine rings is 1. The Morgan fingerprint density at radius 2 is 1.38 bits per heavy atom. The van der Waals surface area contributed by atoms with Crippen LogP contribution in [0.5, 0.6) is 0 Å². The maximum absolute atomic E-state index is 12.4. The summed E-state index contributed by atoms with van der Waals surface area (Å²) in [5, 5.41) is 1.09. The van der Waals surface area contributed by atoms with Crippen molar-refractivity contribution in [3.8, 4) is 0 Å². The highest BCUT2D eigenvalue weighted by molar-refractivity contribution is 5.87. The van der Waals surface area contributed by atoms with Crippen molar-refractivity contribution in [3.63, 3.8) is 0 Å². The second kappa shape index (κ2) is 9.57. The molecule has 0 saturated carbocycles. The highest BCUT2D eigenvalue weighted by Crippen LogP contribution is 2.31. The van der Waals surface area contributed by atoms with Gasteiger partial charge in [-0.3, -0.25) is 9.80 Å². The average Bonchev–Trinajstić information content (AvgIpc) is 2.85. The van der Waals surface area contributed by atoms with Crippen LogP contribution in [0.25, 0.3) is 11.0 Å². The summed E-state index contributed by atoms with van der Waals surface area (Å²) >= 11 is 0. The lowest BCUT2D eigenvalue weighted by atomic mass is 9.96. The zero-order valence-electron chi connectivity index (χ0n) is 20.3.